The molecule has 0 amide bonds. The number of unbranched alkanes of at least 4 members (excludes halogenated alkanes) is 1. The number of hydrogen-bond acceptors (Lipinski definition) is 3. The molecule has 3 rings (SSSR count). The first-order valence-corrected chi connectivity index (χ1v) is 11.6. The van der Waals surface area contributed by atoms with E-state index in [0.717, 1.165) is 17.6 Å². The summed E-state index contributed by atoms with van der Waals surface area (Å²) in [7, 11) is 6.80. The van der Waals surface area contributed by atoms with Crippen molar-refractivity contribution in [1.82, 2.24) is 19.7 Å². The molecule has 0 bridgehead atoms. The van der Waals surface area contributed by atoms with Gasteiger partial charge in [0.25, 0.3) is 0 Å². The van der Waals surface area contributed by atoms with Gasteiger partial charge >= 0.3 is 0 Å². The topological polar surface area (TPSA) is 25.5 Å². The van der Waals surface area contributed by atoms with E-state index in [4.69, 9.17) is 0 Å². The number of nitrogens with one attached hydrogen (secondary N) is 1. The second-order valence-electron chi connectivity index (χ2n) is 8.81. The molecule has 0 spiro atoms. The van der Waals surface area contributed by atoms with Crippen LogP contribution in [0.5, 0.6) is 0 Å². The molecule has 1 fully saturated rings. The van der Waals surface area contributed by atoms with Crippen LogP contribution in [0.1, 0.15) is 44.6 Å². The zero-order chi connectivity index (χ0) is 20.1. The van der Waals surface area contributed by atoms with Gasteiger partial charge in [-0.1, -0.05) is 35.7 Å². The van der Waals surface area contributed by atoms with Gasteiger partial charge in [-0.15, -0.1) is 0 Å². The molecule has 1 aliphatic rings. The number of rotatable bonds is 9. The molecule has 1 saturated heterocycles. The van der Waals surface area contributed by atoms with Crippen molar-refractivity contribution in [2.75, 3.05) is 47.3 Å². The number of benzene rings is 1. The lowest BCUT2D eigenvalue weighted by molar-refractivity contribution is 0.0443. The van der Waals surface area contributed by atoms with Crippen molar-refractivity contribution in [2.45, 2.75) is 51.1 Å². The number of nitrogens with zero attached hydrogens (tertiary/aromatic N) is 3. The minimum atomic E-state index is 0.426. The van der Waals surface area contributed by atoms with Crippen LogP contribution >= 0.6 is 15.9 Å². The molecule has 156 valence electrons. The predicted molar refractivity (Wildman–Crippen MR) is 124 cm³/mol. The highest BCUT2D eigenvalue weighted by Gasteiger charge is 2.35. The van der Waals surface area contributed by atoms with Gasteiger partial charge in [-0.3, -0.25) is 0 Å². The van der Waals surface area contributed by atoms with Crippen LogP contribution < -0.4 is 0 Å². The molecule has 0 atom stereocenters. The van der Waals surface area contributed by atoms with E-state index in [2.05, 4.69) is 88.1 Å². The number of halogens is 1. The van der Waals surface area contributed by atoms with Crippen molar-refractivity contribution in [3.8, 4) is 0 Å². The molecule has 1 aromatic carbocycles. The third-order valence-electron chi connectivity index (χ3n) is 6.70. The van der Waals surface area contributed by atoms with Crippen LogP contribution in [-0.2, 0) is 6.54 Å². The Hall–Kier alpha value is -0.880. The van der Waals surface area contributed by atoms with E-state index in [1.807, 2.05) is 0 Å². The van der Waals surface area contributed by atoms with Gasteiger partial charge in [0.2, 0.25) is 0 Å². The number of likely N-dealkylation sites (tertiary alicyclic amines) is 1. The SMILES string of the molecule is CCCCC1(N(C)C)CCN(CCN(C)Cc2c[nH]c3ccc(Br)cc23)CC1. The number of hydrogen-bond donors (Lipinski definition) is 1. The number of H-pyrrole nitrogens is 1. The molecule has 28 heavy (non-hydrogen) atoms. The van der Waals surface area contributed by atoms with E-state index in [1.54, 1.807) is 0 Å². The summed E-state index contributed by atoms with van der Waals surface area (Å²) in [6.45, 7) is 8.04. The molecule has 1 aliphatic heterocycles. The lowest BCUT2D eigenvalue weighted by Gasteiger charge is -2.46. The normalized spacial score (nSPS) is 17.8. The van der Waals surface area contributed by atoms with E-state index in [-0.39, 0.29) is 0 Å². The van der Waals surface area contributed by atoms with E-state index in [1.165, 1.54) is 68.2 Å². The molecule has 0 radical (unpaired) electrons. The zero-order valence-electron chi connectivity index (χ0n) is 18.1. The van der Waals surface area contributed by atoms with Crippen LogP contribution in [0.25, 0.3) is 10.9 Å². The third kappa shape index (κ3) is 5.18. The molecular weight excluding hydrogens is 412 g/mol. The summed E-state index contributed by atoms with van der Waals surface area (Å²) in [5.41, 5.74) is 3.02. The third-order valence-corrected chi connectivity index (χ3v) is 7.19. The summed E-state index contributed by atoms with van der Waals surface area (Å²) in [4.78, 5) is 11.0. The molecule has 4 nitrogen and oxygen atoms in total. The van der Waals surface area contributed by atoms with Crippen molar-refractivity contribution in [3.05, 3.63) is 34.4 Å². The van der Waals surface area contributed by atoms with E-state index >= 15 is 0 Å². The Morgan fingerprint density at radius 2 is 1.93 bits per heavy atom. The fourth-order valence-electron chi connectivity index (χ4n) is 4.58. The van der Waals surface area contributed by atoms with Crippen LogP contribution in [-0.4, -0.2) is 72.5 Å². The molecule has 5 heteroatoms. The van der Waals surface area contributed by atoms with E-state index in [9.17, 15) is 0 Å². The van der Waals surface area contributed by atoms with Gasteiger partial charge in [-0.2, -0.15) is 0 Å². The molecule has 0 aliphatic carbocycles. The predicted octanol–water partition coefficient (Wildman–Crippen LogP) is 4.95. The molecule has 1 N–H and O–H groups in total. The maximum absolute atomic E-state index is 3.60. The molecule has 2 aromatic rings. The highest BCUT2D eigenvalue weighted by atomic mass is 79.9. The lowest BCUT2D eigenvalue weighted by atomic mass is 9.82. The minimum absolute atomic E-state index is 0.426. The largest absolute Gasteiger partial charge is 0.361 e. The van der Waals surface area contributed by atoms with Crippen LogP contribution in [0, 0.1) is 0 Å². The van der Waals surface area contributed by atoms with Crippen LogP contribution in [0.4, 0.5) is 0 Å². The number of aromatic amines is 1. The first-order valence-electron chi connectivity index (χ1n) is 10.8. The Kier molecular flexibility index (Phi) is 7.60. The van der Waals surface area contributed by atoms with Crippen LogP contribution in [0.15, 0.2) is 28.9 Å². The quantitative estimate of drug-likeness (QED) is 0.587. The van der Waals surface area contributed by atoms with Gasteiger partial charge < -0.3 is 19.7 Å². The summed E-state index contributed by atoms with van der Waals surface area (Å²) in [5.74, 6) is 0. The monoisotopic (exact) mass is 448 g/mol. The van der Waals surface area contributed by atoms with Gasteiger partial charge in [-0.25, -0.2) is 0 Å². The van der Waals surface area contributed by atoms with Crippen molar-refractivity contribution >= 4 is 26.8 Å². The highest BCUT2D eigenvalue weighted by molar-refractivity contribution is 9.10. The molecule has 2 heterocycles. The van der Waals surface area contributed by atoms with Gasteiger partial charge in [0.05, 0.1) is 0 Å². The number of aromatic nitrogens is 1. The van der Waals surface area contributed by atoms with E-state index in [0.29, 0.717) is 5.54 Å². The van der Waals surface area contributed by atoms with Gasteiger partial charge in [0, 0.05) is 46.7 Å². The summed E-state index contributed by atoms with van der Waals surface area (Å²) in [6, 6.07) is 6.46. The average molecular weight is 449 g/mol. The Morgan fingerprint density at radius 3 is 2.61 bits per heavy atom. The Morgan fingerprint density at radius 1 is 1.18 bits per heavy atom. The maximum atomic E-state index is 3.60. The van der Waals surface area contributed by atoms with Crippen LogP contribution in [0.2, 0.25) is 0 Å². The van der Waals surface area contributed by atoms with Crippen LogP contribution in [0.3, 0.4) is 0 Å². The fraction of sp³-hybridized carbons (Fsp3) is 0.652. The van der Waals surface area contributed by atoms with Crippen molar-refractivity contribution in [1.29, 1.82) is 0 Å². The Balaban J connectivity index is 1.49. The van der Waals surface area contributed by atoms with E-state index < -0.39 is 0 Å². The average Bonchev–Trinajstić information content (AvgIpc) is 3.07. The van der Waals surface area contributed by atoms with Gasteiger partial charge in [0.15, 0.2) is 0 Å². The Bertz CT molecular complexity index is 746. The van der Waals surface area contributed by atoms with Crippen molar-refractivity contribution in [2.24, 2.45) is 0 Å². The zero-order valence-corrected chi connectivity index (χ0v) is 19.7. The summed E-state index contributed by atoms with van der Waals surface area (Å²) in [5, 5.41) is 1.32. The summed E-state index contributed by atoms with van der Waals surface area (Å²) in [6.07, 6.45) is 8.77. The number of likely N-dealkylation sites (N-methyl/N-ethyl adjacent to an activating group) is 1. The molecular formula is C23H37BrN4. The second kappa shape index (κ2) is 9.75. The Labute approximate surface area is 179 Å². The standard InChI is InChI=1S/C23H37BrN4/c1-5-6-9-23(26(2)3)10-12-28(13-11-23)15-14-27(4)18-19-17-25-22-8-7-20(24)16-21(19)22/h7-8,16-17,25H,5-6,9-15,18H2,1-4H3. The van der Waals surface area contributed by atoms with Gasteiger partial charge in [-0.05, 0) is 77.3 Å². The number of fused-ring (bicyclic) bond motifs is 1. The summed E-state index contributed by atoms with van der Waals surface area (Å²) >= 11 is 3.60. The summed E-state index contributed by atoms with van der Waals surface area (Å²) < 4.78 is 1.14. The first-order chi connectivity index (χ1) is 13.4. The molecule has 0 saturated carbocycles. The lowest BCUT2D eigenvalue weighted by Crippen LogP contribution is -2.53. The number of piperidine rings is 1. The molecule has 0 unspecified atom stereocenters. The second-order valence-corrected chi connectivity index (χ2v) is 9.72. The van der Waals surface area contributed by atoms with Gasteiger partial charge in [0.1, 0.15) is 0 Å². The maximum Gasteiger partial charge on any atom is 0.0458 e. The smallest absolute Gasteiger partial charge is 0.0458 e. The van der Waals surface area contributed by atoms with Crippen molar-refractivity contribution < 1.29 is 0 Å². The first kappa shape index (κ1) is 21.8. The molecule has 1 aromatic heterocycles. The van der Waals surface area contributed by atoms with Crippen molar-refractivity contribution in [3.63, 3.8) is 0 Å². The highest BCUT2D eigenvalue weighted by Crippen LogP contribution is 2.32. The minimum Gasteiger partial charge on any atom is -0.361 e. The fourth-order valence-corrected chi connectivity index (χ4v) is 4.94.